The number of ether oxygens (including phenoxy) is 3. The number of amides is 1. The zero-order valence-corrected chi connectivity index (χ0v) is 20.7. The lowest BCUT2D eigenvalue weighted by molar-refractivity contribution is -0.120. The maximum absolute atomic E-state index is 12.7. The smallest absolute Gasteiger partial charge is 0.246 e. The van der Waals surface area contributed by atoms with Crippen LogP contribution < -0.4 is 24.4 Å². The molecule has 1 aromatic carbocycles. The molecule has 1 fully saturated rings. The fourth-order valence-corrected chi connectivity index (χ4v) is 3.43. The van der Waals surface area contributed by atoms with Gasteiger partial charge in [0, 0.05) is 45.5 Å². The molecule has 11 heteroatoms. The summed E-state index contributed by atoms with van der Waals surface area (Å²) >= 11 is 0. The zero-order chi connectivity index (χ0) is 21.7. The van der Waals surface area contributed by atoms with Gasteiger partial charge in [0.05, 0.1) is 45.3 Å². The van der Waals surface area contributed by atoms with Gasteiger partial charge in [-0.1, -0.05) is 0 Å². The summed E-state index contributed by atoms with van der Waals surface area (Å²) < 4.78 is 18.0. The minimum Gasteiger partial charge on any atom is -0.496 e. The third-order valence-corrected chi connectivity index (χ3v) is 4.98. The molecule has 2 heterocycles. The Labute approximate surface area is 199 Å². The first-order valence-electron chi connectivity index (χ1n) is 9.54. The number of carbonyl (C=O) groups excluding carboxylic acids is 1. The van der Waals surface area contributed by atoms with Crippen molar-refractivity contribution in [2.75, 3.05) is 52.9 Å². The maximum Gasteiger partial charge on any atom is 0.246 e. The topological polar surface area (TPSA) is 93.5 Å². The lowest BCUT2D eigenvalue weighted by Crippen LogP contribution is -2.55. The van der Waals surface area contributed by atoms with Crippen molar-refractivity contribution in [2.24, 2.45) is 12.0 Å². The Hall–Kier alpha value is -2.70. The monoisotopic (exact) mass is 544 g/mol. The second-order valence-corrected chi connectivity index (χ2v) is 6.75. The number of aryl methyl sites for hydroxylation is 1. The number of nitrogens with zero attached hydrogens (tertiary/aromatic N) is 5. The van der Waals surface area contributed by atoms with Crippen molar-refractivity contribution in [1.82, 2.24) is 20.0 Å². The average Bonchev–Trinajstić information content (AvgIpc) is 3.19. The van der Waals surface area contributed by atoms with Crippen LogP contribution in [-0.2, 0) is 18.4 Å². The van der Waals surface area contributed by atoms with Gasteiger partial charge in [-0.3, -0.25) is 14.5 Å². The molecule has 1 N–H and O–H groups in total. The van der Waals surface area contributed by atoms with Gasteiger partial charge in [0.2, 0.25) is 5.91 Å². The fourth-order valence-electron chi connectivity index (χ4n) is 3.43. The van der Waals surface area contributed by atoms with Gasteiger partial charge in [-0.05, 0) is 0 Å². The van der Waals surface area contributed by atoms with Crippen molar-refractivity contribution in [1.29, 1.82) is 0 Å². The van der Waals surface area contributed by atoms with E-state index in [0.717, 1.165) is 11.3 Å². The van der Waals surface area contributed by atoms with Crippen molar-refractivity contribution in [2.45, 2.75) is 6.54 Å². The quantitative estimate of drug-likeness (QED) is 0.335. The van der Waals surface area contributed by atoms with Crippen molar-refractivity contribution in [3.8, 4) is 17.2 Å². The lowest BCUT2D eigenvalue weighted by Gasteiger charge is -2.35. The Bertz CT molecular complexity index is 907. The van der Waals surface area contributed by atoms with Gasteiger partial charge < -0.3 is 29.3 Å². The number of hydrogen-bond acceptors (Lipinski definition) is 6. The third-order valence-electron chi connectivity index (χ3n) is 4.98. The first-order valence-corrected chi connectivity index (χ1v) is 9.54. The predicted octanol–water partition coefficient (Wildman–Crippen LogP) is 1.49. The van der Waals surface area contributed by atoms with E-state index in [9.17, 15) is 4.79 Å². The van der Waals surface area contributed by atoms with Crippen LogP contribution in [0, 0.1) is 0 Å². The number of anilines is 1. The van der Waals surface area contributed by atoms with Gasteiger partial charge in [0.25, 0.3) is 0 Å². The number of hydrogen-bond donors (Lipinski definition) is 1. The molecular weight excluding hydrogens is 515 g/mol. The number of piperazine rings is 1. The Morgan fingerprint density at radius 2 is 1.84 bits per heavy atom. The van der Waals surface area contributed by atoms with E-state index in [1.165, 1.54) is 0 Å². The summed E-state index contributed by atoms with van der Waals surface area (Å²) in [5.74, 6) is 2.57. The summed E-state index contributed by atoms with van der Waals surface area (Å²) in [6.07, 6.45) is 3.53. The average molecular weight is 544 g/mol. The van der Waals surface area contributed by atoms with Crippen LogP contribution in [0.4, 0.5) is 5.69 Å². The van der Waals surface area contributed by atoms with E-state index in [4.69, 9.17) is 14.2 Å². The number of aromatic nitrogens is 2. The van der Waals surface area contributed by atoms with Gasteiger partial charge in [-0.25, -0.2) is 0 Å². The maximum atomic E-state index is 12.7. The van der Waals surface area contributed by atoms with Crippen molar-refractivity contribution < 1.29 is 19.0 Å². The van der Waals surface area contributed by atoms with Gasteiger partial charge in [-0.15, -0.1) is 24.0 Å². The van der Waals surface area contributed by atoms with Crippen LogP contribution >= 0.6 is 24.0 Å². The standard InChI is InChI=1S/C20H28N6O4.HI/c1-21-20(22-11-16-17(29-4)8-15(28-3)9-18(16)30-5)25-6-7-26(19(27)13-25)14-10-23-24(2)12-14;/h8-10,12H,6-7,11,13H2,1-5H3,(H,21,22);1H. The molecule has 0 atom stereocenters. The van der Waals surface area contributed by atoms with E-state index in [2.05, 4.69) is 15.4 Å². The van der Waals surface area contributed by atoms with E-state index in [1.54, 1.807) is 56.3 Å². The molecular formula is C20H29IN6O4. The second kappa shape index (κ2) is 11.1. The molecule has 0 spiro atoms. The summed E-state index contributed by atoms with van der Waals surface area (Å²) in [6, 6.07) is 3.61. The predicted molar refractivity (Wildman–Crippen MR) is 129 cm³/mol. The molecule has 10 nitrogen and oxygen atoms in total. The van der Waals surface area contributed by atoms with Gasteiger partial charge in [0.1, 0.15) is 23.8 Å². The molecule has 1 aromatic heterocycles. The highest BCUT2D eigenvalue weighted by Crippen LogP contribution is 2.33. The summed E-state index contributed by atoms with van der Waals surface area (Å²) in [5, 5.41) is 7.45. The molecule has 0 aliphatic carbocycles. The summed E-state index contributed by atoms with van der Waals surface area (Å²) in [5.41, 5.74) is 1.64. The highest BCUT2D eigenvalue weighted by atomic mass is 127. The van der Waals surface area contributed by atoms with Crippen LogP contribution in [0.3, 0.4) is 0 Å². The third kappa shape index (κ3) is 5.51. The highest BCUT2D eigenvalue weighted by Gasteiger charge is 2.28. The molecule has 31 heavy (non-hydrogen) atoms. The summed E-state index contributed by atoms with van der Waals surface area (Å²) in [7, 11) is 8.32. The normalized spacial score (nSPS) is 14.2. The molecule has 1 aliphatic heterocycles. The van der Waals surface area contributed by atoms with Crippen LogP contribution in [0.5, 0.6) is 17.2 Å². The van der Waals surface area contributed by atoms with E-state index in [0.29, 0.717) is 42.8 Å². The van der Waals surface area contributed by atoms with Gasteiger partial charge in [-0.2, -0.15) is 5.10 Å². The van der Waals surface area contributed by atoms with Crippen molar-refractivity contribution in [3.63, 3.8) is 0 Å². The molecule has 1 saturated heterocycles. The molecule has 2 aromatic rings. The van der Waals surface area contributed by atoms with Crippen molar-refractivity contribution >= 4 is 41.5 Å². The van der Waals surface area contributed by atoms with E-state index in [1.807, 2.05) is 18.1 Å². The summed E-state index contributed by atoms with van der Waals surface area (Å²) in [4.78, 5) is 20.7. The Morgan fingerprint density at radius 1 is 1.16 bits per heavy atom. The first kappa shape index (κ1) is 24.6. The molecule has 0 bridgehead atoms. The first-order chi connectivity index (χ1) is 14.5. The number of rotatable bonds is 6. The zero-order valence-electron chi connectivity index (χ0n) is 18.4. The number of benzene rings is 1. The van der Waals surface area contributed by atoms with Crippen LogP contribution in [-0.4, -0.2) is 74.6 Å². The Morgan fingerprint density at radius 3 is 2.32 bits per heavy atom. The SMILES string of the molecule is CN=C(NCc1c(OC)cc(OC)cc1OC)N1CCN(c2cnn(C)c2)C(=O)C1.I. The minimum atomic E-state index is -0.00296. The molecule has 1 aliphatic rings. The number of methoxy groups -OCH3 is 3. The molecule has 0 radical (unpaired) electrons. The van der Waals surface area contributed by atoms with E-state index >= 15 is 0 Å². The number of halogens is 1. The number of aliphatic imine (C=N–C) groups is 1. The van der Waals surface area contributed by atoms with Crippen LogP contribution in [0.2, 0.25) is 0 Å². The van der Waals surface area contributed by atoms with Crippen LogP contribution in [0.1, 0.15) is 5.56 Å². The Kier molecular flexibility index (Phi) is 8.77. The number of guanidine groups is 1. The van der Waals surface area contributed by atoms with Gasteiger partial charge >= 0.3 is 0 Å². The minimum absolute atomic E-state index is 0. The van der Waals surface area contributed by atoms with Crippen LogP contribution in [0.25, 0.3) is 0 Å². The largest absolute Gasteiger partial charge is 0.496 e. The fraction of sp³-hybridized carbons (Fsp3) is 0.450. The highest BCUT2D eigenvalue weighted by molar-refractivity contribution is 14.0. The Balaban J connectivity index is 0.00000341. The number of nitrogens with one attached hydrogen (secondary N) is 1. The molecule has 170 valence electrons. The van der Waals surface area contributed by atoms with Gasteiger partial charge in [0.15, 0.2) is 5.96 Å². The van der Waals surface area contributed by atoms with Crippen LogP contribution in [0.15, 0.2) is 29.5 Å². The second-order valence-electron chi connectivity index (χ2n) is 6.75. The number of carbonyl (C=O) groups is 1. The van der Waals surface area contributed by atoms with Crippen molar-refractivity contribution in [3.05, 3.63) is 30.1 Å². The van der Waals surface area contributed by atoms with E-state index < -0.39 is 0 Å². The summed E-state index contributed by atoms with van der Waals surface area (Å²) in [6.45, 7) is 1.85. The molecule has 1 amide bonds. The lowest BCUT2D eigenvalue weighted by atomic mass is 10.1. The van der Waals surface area contributed by atoms with E-state index in [-0.39, 0.29) is 36.4 Å². The molecule has 0 unspecified atom stereocenters. The molecule has 3 rings (SSSR count). The molecule has 0 saturated carbocycles.